The van der Waals surface area contributed by atoms with Crippen molar-refractivity contribution in [1.82, 2.24) is 5.32 Å². The molecule has 3 atom stereocenters. The lowest BCUT2D eigenvalue weighted by Gasteiger charge is -2.32. The van der Waals surface area contributed by atoms with E-state index in [2.05, 4.69) is 36.5 Å². The number of piperidine rings is 1. The van der Waals surface area contributed by atoms with Crippen LogP contribution >= 0.6 is 0 Å². The third-order valence-electron chi connectivity index (χ3n) is 4.38. The van der Waals surface area contributed by atoms with Gasteiger partial charge in [0.1, 0.15) is 0 Å². The quantitative estimate of drug-likeness (QED) is 0.858. The Labute approximate surface area is 109 Å². The number of benzene rings is 1. The Balaban J connectivity index is 1.74. The molecule has 3 unspecified atom stereocenters. The highest BCUT2D eigenvalue weighted by Gasteiger charge is 2.28. The zero-order chi connectivity index (χ0) is 12.5. The minimum Gasteiger partial charge on any atom is -0.387 e. The molecule has 0 spiro atoms. The lowest BCUT2D eigenvalue weighted by atomic mass is 9.88. The van der Waals surface area contributed by atoms with Crippen LogP contribution in [-0.2, 0) is 0 Å². The number of rotatable bonds is 3. The molecule has 0 aromatic heterocycles. The first kappa shape index (κ1) is 12.2. The average Bonchev–Trinajstić information content (AvgIpc) is 3.22. The van der Waals surface area contributed by atoms with E-state index in [1.54, 1.807) is 0 Å². The van der Waals surface area contributed by atoms with Crippen LogP contribution in [0.2, 0.25) is 0 Å². The van der Waals surface area contributed by atoms with E-state index in [-0.39, 0.29) is 12.1 Å². The van der Waals surface area contributed by atoms with E-state index in [0.29, 0.717) is 0 Å². The van der Waals surface area contributed by atoms with Crippen LogP contribution in [0, 0.1) is 5.92 Å². The molecule has 0 radical (unpaired) electrons. The largest absolute Gasteiger partial charge is 0.387 e. The van der Waals surface area contributed by atoms with Crippen LogP contribution in [0.15, 0.2) is 24.3 Å². The van der Waals surface area contributed by atoms with Gasteiger partial charge in [0.25, 0.3) is 0 Å². The van der Waals surface area contributed by atoms with Gasteiger partial charge in [-0.1, -0.05) is 31.2 Å². The molecule has 1 saturated carbocycles. The molecule has 3 rings (SSSR count). The molecule has 1 aromatic rings. The van der Waals surface area contributed by atoms with E-state index in [1.807, 2.05) is 0 Å². The topological polar surface area (TPSA) is 32.3 Å². The second-order valence-electron chi connectivity index (χ2n) is 6.08. The summed E-state index contributed by atoms with van der Waals surface area (Å²) in [6.07, 6.45) is 4.59. The Hall–Kier alpha value is -0.860. The maximum absolute atomic E-state index is 10.5. The van der Waals surface area contributed by atoms with Gasteiger partial charge in [-0.3, -0.25) is 0 Å². The van der Waals surface area contributed by atoms with Crippen LogP contribution in [0.3, 0.4) is 0 Å². The maximum Gasteiger partial charge on any atom is 0.0943 e. The summed E-state index contributed by atoms with van der Waals surface area (Å²) < 4.78 is 0. The number of aliphatic hydroxyl groups is 1. The summed E-state index contributed by atoms with van der Waals surface area (Å²) in [7, 11) is 0. The Kier molecular flexibility index (Phi) is 3.40. The lowest BCUT2D eigenvalue weighted by molar-refractivity contribution is 0.101. The minimum absolute atomic E-state index is 0.225. The van der Waals surface area contributed by atoms with E-state index in [9.17, 15) is 5.11 Å². The molecule has 1 aliphatic carbocycles. The molecule has 1 heterocycles. The molecule has 0 bridgehead atoms. The number of hydrogen-bond donors (Lipinski definition) is 2. The van der Waals surface area contributed by atoms with Crippen molar-refractivity contribution in [1.29, 1.82) is 0 Å². The molecule has 1 aromatic carbocycles. The van der Waals surface area contributed by atoms with Crippen molar-refractivity contribution in [2.45, 2.75) is 50.7 Å². The second-order valence-corrected chi connectivity index (χ2v) is 6.08. The van der Waals surface area contributed by atoms with Crippen LogP contribution in [0.5, 0.6) is 0 Å². The highest BCUT2D eigenvalue weighted by atomic mass is 16.3. The first-order chi connectivity index (χ1) is 8.74. The van der Waals surface area contributed by atoms with Gasteiger partial charge in [0.2, 0.25) is 0 Å². The van der Waals surface area contributed by atoms with E-state index >= 15 is 0 Å². The van der Waals surface area contributed by atoms with Gasteiger partial charge in [-0.05, 0) is 55.2 Å². The summed E-state index contributed by atoms with van der Waals surface area (Å²) >= 11 is 0. The Morgan fingerprint density at radius 1 is 1.28 bits per heavy atom. The molecule has 98 valence electrons. The number of aliphatic hydroxyl groups excluding tert-OH is 1. The predicted octanol–water partition coefficient (Wildman–Crippen LogP) is 2.99. The highest BCUT2D eigenvalue weighted by molar-refractivity contribution is 5.31. The minimum atomic E-state index is -0.355. The Bertz CT molecular complexity index is 413. The van der Waals surface area contributed by atoms with E-state index < -0.39 is 0 Å². The van der Waals surface area contributed by atoms with E-state index in [4.69, 9.17) is 0 Å². The molecule has 2 heteroatoms. The number of nitrogens with one attached hydrogen (secondary N) is 1. The second kappa shape index (κ2) is 5.02. The first-order valence-corrected chi connectivity index (χ1v) is 7.25. The van der Waals surface area contributed by atoms with Crippen molar-refractivity contribution in [3.8, 4) is 0 Å². The fraction of sp³-hybridized carbons (Fsp3) is 0.625. The zero-order valence-corrected chi connectivity index (χ0v) is 11.1. The van der Waals surface area contributed by atoms with Crippen molar-refractivity contribution in [2.24, 2.45) is 5.92 Å². The van der Waals surface area contributed by atoms with Crippen LogP contribution < -0.4 is 5.32 Å². The van der Waals surface area contributed by atoms with Gasteiger partial charge in [0, 0.05) is 6.04 Å². The molecule has 1 aliphatic heterocycles. The Morgan fingerprint density at radius 3 is 2.83 bits per heavy atom. The van der Waals surface area contributed by atoms with Crippen molar-refractivity contribution in [3.05, 3.63) is 35.4 Å². The smallest absolute Gasteiger partial charge is 0.0943 e. The molecule has 2 nitrogen and oxygen atoms in total. The van der Waals surface area contributed by atoms with E-state index in [1.165, 1.54) is 24.8 Å². The van der Waals surface area contributed by atoms with Crippen LogP contribution in [0.4, 0.5) is 0 Å². The fourth-order valence-electron chi connectivity index (χ4n) is 3.04. The Morgan fingerprint density at radius 2 is 2.11 bits per heavy atom. The van der Waals surface area contributed by atoms with Crippen LogP contribution in [0.25, 0.3) is 0 Å². The van der Waals surface area contributed by atoms with Gasteiger partial charge in [0.05, 0.1) is 6.10 Å². The summed E-state index contributed by atoms with van der Waals surface area (Å²) in [6, 6.07) is 8.80. The summed E-state index contributed by atoms with van der Waals surface area (Å²) in [6.45, 7) is 3.31. The van der Waals surface area contributed by atoms with Gasteiger partial charge in [0.15, 0.2) is 0 Å². The summed E-state index contributed by atoms with van der Waals surface area (Å²) in [5.41, 5.74) is 2.50. The van der Waals surface area contributed by atoms with Crippen molar-refractivity contribution >= 4 is 0 Å². The fourth-order valence-corrected chi connectivity index (χ4v) is 3.04. The van der Waals surface area contributed by atoms with Crippen molar-refractivity contribution < 1.29 is 5.11 Å². The summed E-state index contributed by atoms with van der Waals surface area (Å²) in [5, 5.41) is 14.0. The lowest BCUT2D eigenvalue weighted by Crippen LogP contribution is -2.41. The molecular weight excluding hydrogens is 222 g/mol. The standard InChI is InChI=1S/C16H23NO/c1-11-7-8-17-15(9-11)16(18)14-4-2-3-13(10-14)12-5-6-12/h2-4,10-12,15-18H,5-9H2,1H3. The third kappa shape index (κ3) is 2.60. The molecule has 2 N–H and O–H groups in total. The van der Waals surface area contributed by atoms with Crippen LogP contribution in [-0.4, -0.2) is 17.7 Å². The first-order valence-electron chi connectivity index (χ1n) is 7.25. The highest BCUT2D eigenvalue weighted by Crippen LogP contribution is 2.40. The molecule has 18 heavy (non-hydrogen) atoms. The van der Waals surface area contributed by atoms with E-state index in [0.717, 1.165) is 30.4 Å². The van der Waals surface area contributed by atoms with Crippen molar-refractivity contribution in [3.63, 3.8) is 0 Å². The molecule has 2 fully saturated rings. The SMILES string of the molecule is CC1CCNC(C(O)c2cccc(C3CC3)c2)C1. The summed E-state index contributed by atoms with van der Waals surface area (Å²) in [5.74, 6) is 1.48. The maximum atomic E-state index is 10.5. The van der Waals surface area contributed by atoms with Gasteiger partial charge in [-0.25, -0.2) is 0 Å². The molecule has 1 saturated heterocycles. The van der Waals surface area contributed by atoms with Gasteiger partial charge in [-0.2, -0.15) is 0 Å². The summed E-state index contributed by atoms with van der Waals surface area (Å²) in [4.78, 5) is 0. The zero-order valence-electron chi connectivity index (χ0n) is 11.1. The average molecular weight is 245 g/mol. The van der Waals surface area contributed by atoms with Gasteiger partial charge >= 0.3 is 0 Å². The molecular formula is C16H23NO. The molecule has 2 aliphatic rings. The predicted molar refractivity (Wildman–Crippen MR) is 73.6 cm³/mol. The van der Waals surface area contributed by atoms with Gasteiger partial charge < -0.3 is 10.4 Å². The normalized spacial score (nSPS) is 30.1. The van der Waals surface area contributed by atoms with Crippen molar-refractivity contribution in [2.75, 3.05) is 6.54 Å². The monoisotopic (exact) mass is 245 g/mol. The number of hydrogen-bond acceptors (Lipinski definition) is 2. The molecule has 0 amide bonds. The van der Waals surface area contributed by atoms with Gasteiger partial charge in [-0.15, -0.1) is 0 Å². The third-order valence-corrected chi connectivity index (χ3v) is 4.38. The van der Waals surface area contributed by atoms with Crippen LogP contribution in [0.1, 0.15) is 55.8 Å².